The Labute approximate surface area is 180 Å². The molecule has 31 heavy (non-hydrogen) atoms. The predicted molar refractivity (Wildman–Crippen MR) is 120 cm³/mol. The zero-order valence-electron chi connectivity index (χ0n) is 17.5. The third kappa shape index (κ3) is 4.21. The van der Waals surface area contributed by atoms with Crippen LogP contribution < -0.4 is 10.1 Å². The minimum atomic E-state index is -1.02. The summed E-state index contributed by atoms with van der Waals surface area (Å²) in [5, 5.41) is 12.8. The van der Waals surface area contributed by atoms with E-state index in [0.29, 0.717) is 18.2 Å². The quantitative estimate of drug-likeness (QED) is 0.444. The van der Waals surface area contributed by atoms with Crippen LogP contribution in [-0.4, -0.2) is 39.3 Å². The van der Waals surface area contributed by atoms with E-state index in [4.69, 9.17) is 4.74 Å². The van der Waals surface area contributed by atoms with E-state index in [0.717, 1.165) is 35.2 Å². The maximum Gasteiger partial charge on any atom is 0.339 e. The minimum Gasteiger partial charge on any atom is -0.496 e. The van der Waals surface area contributed by atoms with Gasteiger partial charge in [0.05, 0.1) is 18.1 Å². The van der Waals surface area contributed by atoms with Gasteiger partial charge >= 0.3 is 5.97 Å². The molecule has 2 heterocycles. The Kier molecular flexibility index (Phi) is 5.84. The second kappa shape index (κ2) is 8.87. The molecule has 0 amide bonds. The van der Waals surface area contributed by atoms with Gasteiger partial charge in [0.25, 0.3) is 0 Å². The van der Waals surface area contributed by atoms with Gasteiger partial charge in [-0.05, 0) is 42.2 Å². The van der Waals surface area contributed by atoms with Gasteiger partial charge in [-0.3, -0.25) is 4.57 Å². The topological polar surface area (TPSA) is 89.3 Å². The molecule has 2 aromatic carbocycles. The first-order valence-corrected chi connectivity index (χ1v) is 10.2. The SMILES string of the molecule is CCc1cc2ncn(-c3ccc(C(=O)O)c(NCCc4ccccc4)n3)c2cc1OC. The van der Waals surface area contributed by atoms with E-state index in [1.807, 2.05) is 47.0 Å². The molecule has 0 aliphatic heterocycles. The summed E-state index contributed by atoms with van der Waals surface area (Å²) >= 11 is 0. The van der Waals surface area contributed by atoms with Gasteiger partial charge < -0.3 is 15.2 Å². The highest BCUT2D eigenvalue weighted by molar-refractivity contribution is 5.93. The maximum atomic E-state index is 11.7. The Morgan fingerprint density at radius 3 is 2.68 bits per heavy atom. The highest BCUT2D eigenvalue weighted by Gasteiger charge is 2.15. The third-order valence-electron chi connectivity index (χ3n) is 5.24. The zero-order valence-corrected chi connectivity index (χ0v) is 17.5. The van der Waals surface area contributed by atoms with Crippen LogP contribution in [0.25, 0.3) is 16.9 Å². The van der Waals surface area contributed by atoms with Crippen molar-refractivity contribution in [3.63, 3.8) is 0 Å². The number of hydrogen-bond donors (Lipinski definition) is 2. The number of rotatable bonds is 8. The molecule has 0 spiro atoms. The second-order valence-corrected chi connectivity index (χ2v) is 7.15. The number of pyridine rings is 1. The van der Waals surface area contributed by atoms with Crippen LogP contribution in [0.3, 0.4) is 0 Å². The summed E-state index contributed by atoms with van der Waals surface area (Å²) < 4.78 is 7.36. The summed E-state index contributed by atoms with van der Waals surface area (Å²) in [4.78, 5) is 20.8. The molecule has 0 atom stereocenters. The number of hydrogen-bond acceptors (Lipinski definition) is 5. The Hall–Kier alpha value is -3.87. The van der Waals surface area contributed by atoms with Gasteiger partial charge in [-0.15, -0.1) is 0 Å². The molecule has 2 N–H and O–H groups in total. The summed E-state index contributed by atoms with van der Waals surface area (Å²) in [7, 11) is 1.65. The molecule has 0 unspecified atom stereocenters. The number of nitrogens with zero attached hydrogens (tertiary/aromatic N) is 3. The van der Waals surface area contributed by atoms with E-state index in [-0.39, 0.29) is 5.56 Å². The number of benzene rings is 2. The lowest BCUT2D eigenvalue weighted by Gasteiger charge is -2.12. The van der Waals surface area contributed by atoms with Crippen LogP contribution in [0.1, 0.15) is 28.4 Å². The predicted octanol–water partition coefficient (Wildman–Crippen LogP) is 4.34. The summed E-state index contributed by atoms with van der Waals surface area (Å²) in [6.07, 6.45) is 3.30. The van der Waals surface area contributed by atoms with Gasteiger partial charge in [0.2, 0.25) is 0 Å². The number of carbonyl (C=O) groups is 1. The molecule has 0 aliphatic rings. The number of nitrogens with one attached hydrogen (secondary N) is 1. The molecule has 7 nitrogen and oxygen atoms in total. The molecule has 4 aromatic rings. The molecule has 2 aromatic heterocycles. The average molecular weight is 416 g/mol. The lowest BCUT2D eigenvalue weighted by atomic mass is 10.1. The van der Waals surface area contributed by atoms with Crippen LogP contribution in [0.2, 0.25) is 0 Å². The lowest BCUT2D eigenvalue weighted by molar-refractivity contribution is 0.0697. The van der Waals surface area contributed by atoms with E-state index < -0.39 is 5.97 Å². The van der Waals surface area contributed by atoms with E-state index in [2.05, 4.69) is 22.2 Å². The number of aromatic nitrogens is 3. The van der Waals surface area contributed by atoms with Gasteiger partial charge in [-0.25, -0.2) is 14.8 Å². The van der Waals surface area contributed by atoms with Crippen molar-refractivity contribution in [1.82, 2.24) is 14.5 Å². The molecule has 7 heteroatoms. The number of imidazole rings is 1. The van der Waals surface area contributed by atoms with Gasteiger partial charge in [0.1, 0.15) is 29.3 Å². The zero-order chi connectivity index (χ0) is 21.8. The Balaban J connectivity index is 1.67. The van der Waals surface area contributed by atoms with Crippen LogP contribution in [0.15, 0.2) is 60.9 Å². The molecule has 0 bridgehead atoms. The highest BCUT2D eigenvalue weighted by atomic mass is 16.5. The third-order valence-corrected chi connectivity index (χ3v) is 5.24. The van der Waals surface area contributed by atoms with Crippen LogP contribution in [0, 0.1) is 0 Å². The lowest BCUT2D eigenvalue weighted by Crippen LogP contribution is -2.12. The number of aromatic carboxylic acids is 1. The fraction of sp³-hybridized carbons (Fsp3) is 0.208. The van der Waals surface area contributed by atoms with Crippen molar-refractivity contribution in [2.75, 3.05) is 19.0 Å². The van der Waals surface area contributed by atoms with Crippen molar-refractivity contribution >= 4 is 22.8 Å². The smallest absolute Gasteiger partial charge is 0.339 e. The van der Waals surface area contributed by atoms with Gasteiger partial charge in [0, 0.05) is 12.6 Å². The van der Waals surface area contributed by atoms with Crippen molar-refractivity contribution in [3.05, 3.63) is 77.6 Å². The standard InChI is InChI=1S/C24H24N4O3/c1-3-17-13-19-20(14-21(17)31-2)28(15-26-19)22-10-9-18(24(29)30)23(27-22)25-12-11-16-7-5-4-6-8-16/h4-10,13-15H,3,11-12H2,1-2H3,(H,25,27)(H,29,30). The van der Waals surface area contributed by atoms with Gasteiger partial charge in [-0.1, -0.05) is 37.3 Å². The number of carboxylic acids is 1. The molecule has 158 valence electrons. The van der Waals surface area contributed by atoms with Crippen molar-refractivity contribution in [2.24, 2.45) is 0 Å². The second-order valence-electron chi connectivity index (χ2n) is 7.15. The molecule has 0 saturated carbocycles. The van der Waals surface area contributed by atoms with E-state index in [9.17, 15) is 9.90 Å². The van der Waals surface area contributed by atoms with Crippen LogP contribution in [0.5, 0.6) is 5.75 Å². The van der Waals surface area contributed by atoms with Crippen molar-refractivity contribution in [1.29, 1.82) is 0 Å². The number of anilines is 1. The Morgan fingerprint density at radius 2 is 1.97 bits per heavy atom. The van der Waals surface area contributed by atoms with Gasteiger partial charge in [0.15, 0.2) is 0 Å². The van der Waals surface area contributed by atoms with E-state index in [1.54, 1.807) is 25.6 Å². The first-order valence-electron chi connectivity index (χ1n) is 10.2. The molecule has 0 saturated heterocycles. The van der Waals surface area contributed by atoms with Gasteiger partial charge in [-0.2, -0.15) is 0 Å². The molecule has 0 fully saturated rings. The normalized spacial score (nSPS) is 10.9. The minimum absolute atomic E-state index is 0.132. The number of aryl methyl sites for hydroxylation is 1. The average Bonchev–Trinajstić information content (AvgIpc) is 3.21. The summed E-state index contributed by atoms with van der Waals surface area (Å²) in [6.45, 7) is 2.64. The molecular weight excluding hydrogens is 392 g/mol. The van der Waals surface area contributed by atoms with Crippen molar-refractivity contribution in [2.45, 2.75) is 19.8 Å². The molecule has 0 radical (unpaired) electrons. The fourth-order valence-corrected chi connectivity index (χ4v) is 3.59. The number of fused-ring (bicyclic) bond motifs is 1. The monoisotopic (exact) mass is 416 g/mol. The number of methoxy groups -OCH3 is 1. The molecule has 4 rings (SSSR count). The number of carboxylic acid groups (broad SMARTS) is 1. The molecular formula is C24H24N4O3. The maximum absolute atomic E-state index is 11.7. The Bertz CT molecular complexity index is 1220. The number of ether oxygens (including phenoxy) is 1. The molecule has 0 aliphatic carbocycles. The van der Waals surface area contributed by atoms with Crippen LogP contribution in [-0.2, 0) is 12.8 Å². The fourth-order valence-electron chi connectivity index (χ4n) is 3.59. The van der Waals surface area contributed by atoms with Crippen molar-refractivity contribution < 1.29 is 14.6 Å². The summed E-state index contributed by atoms with van der Waals surface area (Å²) in [5.41, 5.74) is 4.06. The first-order chi connectivity index (χ1) is 15.1. The first kappa shape index (κ1) is 20.4. The van der Waals surface area contributed by atoms with E-state index >= 15 is 0 Å². The summed E-state index contributed by atoms with van der Waals surface area (Å²) in [5.74, 6) is 0.687. The van der Waals surface area contributed by atoms with Crippen LogP contribution in [0.4, 0.5) is 5.82 Å². The van der Waals surface area contributed by atoms with Crippen molar-refractivity contribution in [3.8, 4) is 11.6 Å². The van der Waals surface area contributed by atoms with Crippen LogP contribution >= 0.6 is 0 Å². The largest absolute Gasteiger partial charge is 0.496 e. The van der Waals surface area contributed by atoms with E-state index in [1.165, 1.54) is 5.56 Å². The Morgan fingerprint density at radius 1 is 1.16 bits per heavy atom. The summed E-state index contributed by atoms with van der Waals surface area (Å²) in [6, 6.07) is 17.2. The highest BCUT2D eigenvalue weighted by Crippen LogP contribution is 2.28.